The number of aliphatic hydroxyl groups excluding tert-OH is 1. The Bertz CT molecular complexity index is 1120. The maximum atomic E-state index is 13.7. The van der Waals surface area contributed by atoms with Crippen molar-refractivity contribution in [2.45, 2.75) is 19.4 Å². The average Bonchev–Trinajstić information content (AvgIpc) is 2.73. The molecule has 8 heteroatoms. The molecule has 2 aliphatic carbocycles. The summed E-state index contributed by atoms with van der Waals surface area (Å²) in [5, 5.41) is 21.4. The molecule has 2 aromatic carbocycles. The van der Waals surface area contributed by atoms with Gasteiger partial charge in [-0.3, -0.25) is 9.59 Å². The van der Waals surface area contributed by atoms with Crippen LogP contribution in [0.3, 0.4) is 0 Å². The highest BCUT2D eigenvalue weighted by Crippen LogP contribution is 2.47. The molecule has 31 heavy (non-hydrogen) atoms. The molecule has 1 atom stereocenters. The SMILES string of the molecule is COCOc1ccc(OCOC)c2c1C(=O)C1=C(C2=O)[C@H](O)Cc2cc(C)cc(O)c21. The van der Waals surface area contributed by atoms with Crippen LogP contribution in [0.1, 0.15) is 37.4 Å². The van der Waals surface area contributed by atoms with E-state index in [2.05, 4.69) is 0 Å². The van der Waals surface area contributed by atoms with Gasteiger partial charge in [-0.2, -0.15) is 0 Å². The highest BCUT2D eigenvalue weighted by Gasteiger charge is 2.44. The summed E-state index contributed by atoms with van der Waals surface area (Å²) in [5.74, 6) is -0.947. The summed E-state index contributed by atoms with van der Waals surface area (Å²) in [5.41, 5.74) is 1.54. The van der Waals surface area contributed by atoms with E-state index in [1.165, 1.54) is 32.4 Å². The summed E-state index contributed by atoms with van der Waals surface area (Å²) in [6.45, 7) is 1.53. The number of methoxy groups -OCH3 is 2. The number of allylic oxidation sites excluding steroid dienone is 1. The lowest BCUT2D eigenvalue weighted by Crippen LogP contribution is -2.34. The normalized spacial score (nSPS) is 17.2. The lowest BCUT2D eigenvalue weighted by molar-refractivity contribution is 0.0468. The number of fused-ring (bicyclic) bond motifs is 3. The number of phenols is 1. The minimum absolute atomic E-state index is 0.00516. The Kier molecular flexibility index (Phi) is 5.53. The second-order valence-corrected chi connectivity index (χ2v) is 7.40. The van der Waals surface area contributed by atoms with Gasteiger partial charge in [0.05, 0.1) is 17.2 Å². The van der Waals surface area contributed by atoms with Gasteiger partial charge in [0, 0.05) is 37.4 Å². The fourth-order valence-corrected chi connectivity index (χ4v) is 4.16. The number of ketones is 2. The van der Waals surface area contributed by atoms with Crippen LogP contribution < -0.4 is 9.47 Å². The van der Waals surface area contributed by atoms with Gasteiger partial charge in [0.1, 0.15) is 17.2 Å². The first-order valence-electron chi connectivity index (χ1n) is 9.64. The number of aryl methyl sites for hydroxylation is 1. The highest BCUT2D eigenvalue weighted by molar-refractivity contribution is 6.43. The van der Waals surface area contributed by atoms with E-state index >= 15 is 0 Å². The van der Waals surface area contributed by atoms with Crippen molar-refractivity contribution in [3.63, 3.8) is 0 Å². The van der Waals surface area contributed by atoms with Gasteiger partial charge >= 0.3 is 0 Å². The van der Waals surface area contributed by atoms with Crippen LogP contribution in [0.25, 0.3) is 5.57 Å². The summed E-state index contributed by atoms with van der Waals surface area (Å²) in [7, 11) is 2.87. The van der Waals surface area contributed by atoms with Crippen molar-refractivity contribution in [3.05, 3.63) is 57.7 Å². The Labute approximate surface area is 178 Å². The number of aliphatic hydroxyl groups is 1. The molecule has 0 saturated heterocycles. The Morgan fingerprint density at radius 1 is 0.935 bits per heavy atom. The van der Waals surface area contributed by atoms with Crippen molar-refractivity contribution in [2.24, 2.45) is 0 Å². The predicted molar refractivity (Wildman–Crippen MR) is 110 cm³/mol. The van der Waals surface area contributed by atoms with Gasteiger partial charge in [0.2, 0.25) is 0 Å². The zero-order valence-corrected chi connectivity index (χ0v) is 17.4. The van der Waals surface area contributed by atoms with Gasteiger partial charge in [-0.05, 0) is 36.2 Å². The first kappa shape index (κ1) is 21.0. The first-order chi connectivity index (χ1) is 14.9. The average molecular weight is 426 g/mol. The number of carbonyl (C=O) groups is 2. The maximum Gasteiger partial charge on any atom is 0.198 e. The second-order valence-electron chi connectivity index (χ2n) is 7.40. The van der Waals surface area contributed by atoms with Crippen molar-refractivity contribution >= 4 is 17.1 Å². The number of hydrogen-bond acceptors (Lipinski definition) is 8. The minimum Gasteiger partial charge on any atom is -0.507 e. The topological polar surface area (TPSA) is 112 Å². The minimum atomic E-state index is -1.20. The number of hydrogen-bond donors (Lipinski definition) is 2. The molecule has 0 saturated carbocycles. The third-order valence-corrected chi connectivity index (χ3v) is 5.33. The van der Waals surface area contributed by atoms with Crippen molar-refractivity contribution in [1.29, 1.82) is 0 Å². The van der Waals surface area contributed by atoms with Crippen LogP contribution in [0.4, 0.5) is 0 Å². The molecule has 0 heterocycles. The van der Waals surface area contributed by atoms with Gasteiger partial charge in [-0.1, -0.05) is 6.07 Å². The largest absolute Gasteiger partial charge is 0.507 e. The Morgan fingerprint density at radius 3 is 2.10 bits per heavy atom. The second kappa shape index (κ2) is 8.14. The standard InChI is InChI=1S/C23H22O8/c1-11-6-12-8-14(25)18-21(17(12)13(24)7-11)23(27)20-16(31-10-29-3)5-4-15(30-9-28-2)19(20)22(18)26/h4-7,14,24-25H,8-10H2,1-3H3/t14-/m1/s1. The molecule has 4 rings (SSSR count). The van der Waals surface area contributed by atoms with Crippen molar-refractivity contribution in [1.82, 2.24) is 0 Å². The molecule has 0 unspecified atom stereocenters. The lowest BCUT2D eigenvalue weighted by atomic mass is 9.72. The summed E-state index contributed by atoms with van der Waals surface area (Å²) >= 11 is 0. The summed E-state index contributed by atoms with van der Waals surface area (Å²) < 4.78 is 20.9. The quantitative estimate of drug-likeness (QED) is 0.678. The van der Waals surface area contributed by atoms with Crippen LogP contribution in [0, 0.1) is 6.92 Å². The summed E-state index contributed by atoms with van der Waals surface area (Å²) in [4.78, 5) is 27.3. The van der Waals surface area contributed by atoms with Crippen LogP contribution in [-0.2, 0) is 15.9 Å². The van der Waals surface area contributed by atoms with Gasteiger partial charge in [-0.25, -0.2) is 0 Å². The highest BCUT2D eigenvalue weighted by atomic mass is 16.7. The summed E-state index contributed by atoms with van der Waals surface area (Å²) in [6, 6.07) is 6.32. The van der Waals surface area contributed by atoms with E-state index in [0.717, 1.165) is 5.56 Å². The molecular weight excluding hydrogens is 404 g/mol. The fraction of sp³-hybridized carbons (Fsp3) is 0.304. The van der Waals surface area contributed by atoms with E-state index in [1.54, 1.807) is 13.0 Å². The van der Waals surface area contributed by atoms with Crippen molar-refractivity contribution in [2.75, 3.05) is 27.8 Å². The number of phenolic OH excluding ortho intramolecular Hbond substituents is 1. The Balaban J connectivity index is 1.98. The molecule has 2 aliphatic rings. The lowest BCUT2D eigenvalue weighted by Gasteiger charge is -2.32. The molecular formula is C23H22O8. The predicted octanol–water partition coefficient (Wildman–Crippen LogP) is 2.42. The van der Waals surface area contributed by atoms with Crippen LogP contribution in [0.2, 0.25) is 0 Å². The number of aromatic hydroxyl groups is 1. The van der Waals surface area contributed by atoms with Gasteiger partial charge in [0.15, 0.2) is 25.2 Å². The Morgan fingerprint density at radius 2 is 1.52 bits per heavy atom. The number of carbonyl (C=O) groups excluding carboxylic acids is 2. The number of benzene rings is 2. The third-order valence-electron chi connectivity index (χ3n) is 5.33. The van der Waals surface area contributed by atoms with Crippen LogP contribution in [0.5, 0.6) is 17.2 Å². The van der Waals surface area contributed by atoms with E-state index in [9.17, 15) is 19.8 Å². The van der Waals surface area contributed by atoms with Crippen molar-refractivity contribution < 1.29 is 38.7 Å². The molecule has 0 fully saturated rings. The monoisotopic (exact) mass is 426 g/mol. The molecule has 0 spiro atoms. The van der Waals surface area contributed by atoms with Crippen LogP contribution in [-0.4, -0.2) is 55.7 Å². The van der Waals surface area contributed by atoms with Crippen LogP contribution >= 0.6 is 0 Å². The summed E-state index contributed by atoms with van der Waals surface area (Å²) in [6.07, 6.45) is -1.10. The number of Topliss-reactive ketones (excluding diaryl/α,β-unsaturated/α-hetero) is 2. The van der Waals surface area contributed by atoms with Gasteiger partial charge in [0.25, 0.3) is 0 Å². The van der Waals surface area contributed by atoms with E-state index in [1.807, 2.05) is 0 Å². The zero-order valence-electron chi connectivity index (χ0n) is 17.4. The van der Waals surface area contributed by atoms with E-state index in [-0.39, 0.29) is 65.1 Å². The molecule has 2 N–H and O–H groups in total. The smallest absolute Gasteiger partial charge is 0.198 e. The molecule has 2 aromatic rings. The molecule has 0 amide bonds. The fourth-order valence-electron chi connectivity index (χ4n) is 4.16. The van der Waals surface area contributed by atoms with Gasteiger partial charge in [-0.15, -0.1) is 0 Å². The van der Waals surface area contributed by atoms with Crippen molar-refractivity contribution in [3.8, 4) is 17.2 Å². The molecule has 0 aliphatic heterocycles. The molecule has 0 aromatic heterocycles. The first-order valence-corrected chi connectivity index (χ1v) is 9.64. The number of ether oxygens (including phenoxy) is 4. The molecule has 162 valence electrons. The maximum absolute atomic E-state index is 13.7. The van der Waals surface area contributed by atoms with Crippen LogP contribution in [0.15, 0.2) is 29.8 Å². The Hall–Kier alpha value is -3.20. The molecule has 0 bridgehead atoms. The van der Waals surface area contributed by atoms with Gasteiger partial charge < -0.3 is 29.2 Å². The number of rotatable bonds is 6. The van der Waals surface area contributed by atoms with E-state index in [4.69, 9.17) is 18.9 Å². The van der Waals surface area contributed by atoms with E-state index in [0.29, 0.717) is 5.56 Å². The third kappa shape index (κ3) is 3.38. The van der Waals surface area contributed by atoms with E-state index < -0.39 is 17.7 Å². The molecule has 0 radical (unpaired) electrons. The zero-order chi connectivity index (χ0) is 22.3. The molecule has 8 nitrogen and oxygen atoms in total.